The Bertz CT molecular complexity index is 847. The number of rotatable bonds is 7. The van der Waals surface area contributed by atoms with E-state index in [1.807, 2.05) is 0 Å². The SMILES string of the molecule is CCn1cc(C(=O)O)c(=O)c2cc(F)c(N(CC=O)CCN)cc21. The Hall–Kier alpha value is -2.74. The van der Waals surface area contributed by atoms with Crippen LogP contribution >= 0.6 is 0 Å². The molecule has 0 radical (unpaired) electrons. The van der Waals surface area contributed by atoms with Gasteiger partial charge in [0.2, 0.25) is 5.43 Å². The van der Waals surface area contributed by atoms with Crippen LogP contribution in [0.3, 0.4) is 0 Å². The van der Waals surface area contributed by atoms with E-state index in [4.69, 9.17) is 10.8 Å². The lowest BCUT2D eigenvalue weighted by atomic mass is 10.1. The molecule has 0 saturated heterocycles. The third-order valence-electron chi connectivity index (χ3n) is 3.75. The fourth-order valence-corrected chi connectivity index (χ4v) is 2.61. The van der Waals surface area contributed by atoms with E-state index in [-0.39, 0.29) is 30.7 Å². The zero-order valence-electron chi connectivity index (χ0n) is 13.2. The molecule has 7 nitrogen and oxygen atoms in total. The third-order valence-corrected chi connectivity index (χ3v) is 3.75. The van der Waals surface area contributed by atoms with Gasteiger partial charge < -0.3 is 25.1 Å². The standard InChI is InChI=1S/C16H18FN3O4/c1-2-19-9-11(16(23)24)15(22)10-7-12(17)14(8-13(10)19)20(4-3-18)5-6-21/h6-9H,2-5,18H2,1H3,(H,23,24). The summed E-state index contributed by atoms with van der Waals surface area (Å²) in [6.45, 7) is 2.63. The molecule has 0 fully saturated rings. The highest BCUT2D eigenvalue weighted by Crippen LogP contribution is 2.25. The van der Waals surface area contributed by atoms with Gasteiger partial charge in [-0.25, -0.2) is 9.18 Å². The molecule has 0 amide bonds. The average molecular weight is 335 g/mol. The van der Waals surface area contributed by atoms with Crippen molar-refractivity contribution in [1.82, 2.24) is 4.57 Å². The van der Waals surface area contributed by atoms with Gasteiger partial charge in [0.25, 0.3) is 0 Å². The lowest BCUT2D eigenvalue weighted by Gasteiger charge is -2.23. The molecule has 1 aromatic carbocycles. The van der Waals surface area contributed by atoms with Crippen molar-refractivity contribution in [2.45, 2.75) is 13.5 Å². The van der Waals surface area contributed by atoms with Gasteiger partial charge >= 0.3 is 5.97 Å². The number of aryl methyl sites for hydroxylation is 1. The first kappa shape index (κ1) is 17.6. The van der Waals surface area contributed by atoms with Crippen LogP contribution in [0.25, 0.3) is 10.9 Å². The second-order valence-corrected chi connectivity index (χ2v) is 5.19. The summed E-state index contributed by atoms with van der Waals surface area (Å²) >= 11 is 0. The van der Waals surface area contributed by atoms with Crippen LogP contribution < -0.4 is 16.1 Å². The minimum Gasteiger partial charge on any atom is -0.477 e. The monoisotopic (exact) mass is 335 g/mol. The van der Waals surface area contributed by atoms with Crippen molar-refractivity contribution in [3.63, 3.8) is 0 Å². The molecule has 2 aromatic rings. The van der Waals surface area contributed by atoms with Crippen LogP contribution in [0.4, 0.5) is 10.1 Å². The van der Waals surface area contributed by atoms with Gasteiger partial charge in [0, 0.05) is 31.2 Å². The van der Waals surface area contributed by atoms with Crippen molar-refractivity contribution in [3.05, 3.63) is 39.9 Å². The largest absolute Gasteiger partial charge is 0.477 e. The number of aldehydes is 1. The highest BCUT2D eigenvalue weighted by Gasteiger charge is 2.18. The molecule has 24 heavy (non-hydrogen) atoms. The number of hydrogen-bond acceptors (Lipinski definition) is 5. The highest BCUT2D eigenvalue weighted by atomic mass is 19.1. The maximum atomic E-state index is 14.5. The Kier molecular flexibility index (Phi) is 5.30. The molecule has 0 aliphatic rings. The van der Waals surface area contributed by atoms with Gasteiger partial charge in [0.05, 0.1) is 17.7 Å². The number of carbonyl (C=O) groups excluding carboxylic acids is 1. The Balaban J connectivity index is 2.78. The van der Waals surface area contributed by atoms with Crippen LogP contribution in [0.2, 0.25) is 0 Å². The lowest BCUT2D eigenvalue weighted by Crippen LogP contribution is -2.32. The summed E-state index contributed by atoms with van der Waals surface area (Å²) in [4.78, 5) is 35.7. The first-order valence-corrected chi connectivity index (χ1v) is 7.43. The quantitative estimate of drug-likeness (QED) is 0.726. The van der Waals surface area contributed by atoms with E-state index in [9.17, 15) is 18.8 Å². The maximum absolute atomic E-state index is 14.5. The number of fused-ring (bicyclic) bond motifs is 1. The van der Waals surface area contributed by atoms with E-state index in [1.54, 1.807) is 11.5 Å². The Labute approximate surface area is 137 Å². The maximum Gasteiger partial charge on any atom is 0.341 e. The smallest absolute Gasteiger partial charge is 0.341 e. The zero-order chi connectivity index (χ0) is 17.9. The van der Waals surface area contributed by atoms with Gasteiger partial charge in [-0.05, 0) is 19.1 Å². The van der Waals surface area contributed by atoms with Crippen molar-refractivity contribution in [2.75, 3.05) is 24.5 Å². The van der Waals surface area contributed by atoms with E-state index in [0.717, 1.165) is 6.07 Å². The summed E-state index contributed by atoms with van der Waals surface area (Å²) in [5.74, 6) is -2.07. The molecule has 0 saturated carbocycles. The van der Waals surface area contributed by atoms with Crippen molar-refractivity contribution in [3.8, 4) is 0 Å². The van der Waals surface area contributed by atoms with Crippen LogP contribution in [0.5, 0.6) is 0 Å². The van der Waals surface area contributed by atoms with Gasteiger partial charge in [0.15, 0.2) is 0 Å². The minimum atomic E-state index is -1.36. The van der Waals surface area contributed by atoms with E-state index < -0.39 is 22.8 Å². The number of carboxylic acid groups (broad SMARTS) is 1. The third kappa shape index (κ3) is 3.13. The first-order valence-electron chi connectivity index (χ1n) is 7.43. The molecular weight excluding hydrogens is 317 g/mol. The Morgan fingerprint density at radius 1 is 1.46 bits per heavy atom. The number of nitrogens with zero attached hydrogens (tertiary/aromatic N) is 2. The topological polar surface area (TPSA) is 106 Å². The number of nitrogens with two attached hydrogens (primary N) is 1. The van der Waals surface area contributed by atoms with Crippen molar-refractivity contribution >= 4 is 28.8 Å². The van der Waals surface area contributed by atoms with Crippen LogP contribution in [0, 0.1) is 5.82 Å². The first-order chi connectivity index (χ1) is 11.4. The van der Waals surface area contributed by atoms with Crippen LogP contribution in [0.1, 0.15) is 17.3 Å². The molecule has 0 aliphatic carbocycles. The predicted octanol–water partition coefficient (Wildman–Crippen LogP) is 0.823. The second kappa shape index (κ2) is 7.22. The number of halogens is 1. The van der Waals surface area contributed by atoms with Crippen LogP contribution in [-0.4, -0.2) is 41.6 Å². The molecule has 0 aliphatic heterocycles. The van der Waals surface area contributed by atoms with E-state index in [2.05, 4.69) is 0 Å². The number of aromatic nitrogens is 1. The second-order valence-electron chi connectivity index (χ2n) is 5.19. The van der Waals surface area contributed by atoms with Crippen molar-refractivity contribution in [2.24, 2.45) is 5.73 Å². The summed E-state index contributed by atoms with van der Waals surface area (Å²) in [6.07, 6.45) is 1.88. The Morgan fingerprint density at radius 3 is 2.71 bits per heavy atom. The minimum absolute atomic E-state index is 0.0169. The van der Waals surface area contributed by atoms with E-state index in [1.165, 1.54) is 17.2 Å². The van der Waals surface area contributed by atoms with Gasteiger partial charge in [0.1, 0.15) is 17.7 Å². The van der Waals surface area contributed by atoms with Crippen LogP contribution in [-0.2, 0) is 11.3 Å². The number of pyridine rings is 1. The summed E-state index contributed by atoms with van der Waals surface area (Å²) in [5.41, 5.74) is 4.88. The molecule has 3 N–H and O–H groups in total. The summed E-state index contributed by atoms with van der Waals surface area (Å²) < 4.78 is 16.0. The summed E-state index contributed by atoms with van der Waals surface area (Å²) in [6, 6.07) is 2.46. The molecule has 128 valence electrons. The van der Waals surface area contributed by atoms with E-state index >= 15 is 0 Å². The molecule has 0 unspecified atom stereocenters. The normalized spacial score (nSPS) is 10.8. The van der Waals surface area contributed by atoms with Crippen molar-refractivity contribution in [1.29, 1.82) is 0 Å². The fourth-order valence-electron chi connectivity index (χ4n) is 2.61. The molecule has 1 aromatic heterocycles. The molecular formula is C16H18FN3O4. The van der Waals surface area contributed by atoms with Crippen LogP contribution in [0.15, 0.2) is 23.1 Å². The van der Waals surface area contributed by atoms with E-state index in [0.29, 0.717) is 18.3 Å². The molecule has 8 heteroatoms. The number of benzene rings is 1. The van der Waals surface area contributed by atoms with Gasteiger partial charge in [-0.3, -0.25) is 4.79 Å². The molecule has 0 bridgehead atoms. The average Bonchev–Trinajstić information content (AvgIpc) is 2.55. The van der Waals surface area contributed by atoms with Gasteiger partial charge in [-0.2, -0.15) is 0 Å². The van der Waals surface area contributed by atoms with Crippen molar-refractivity contribution < 1.29 is 19.1 Å². The predicted molar refractivity (Wildman–Crippen MR) is 88.1 cm³/mol. The number of anilines is 1. The number of carboxylic acids is 1. The molecule has 2 rings (SSSR count). The summed E-state index contributed by atoms with van der Waals surface area (Å²) in [7, 11) is 0. The molecule has 0 atom stereocenters. The number of aromatic carboxylic acids is 1. The van der Waals surface area contributed by atoms with Gasteiger partial charge in [-0.15, -0.1) is 0 Å². The summed E-state index contributed by atoms with van der Waals surface area (Å²) in [5, 5.41) is 9.11. The zero-order valence-corrected chi connectivity index (χ0v) is 13.2. The highest BCUT2D eigenvalue weighted by molar-refractivity contribution is 5.93. The molecule has 0 spiro atoms. The Morgan fingerprint density at radius 2 is 2.17 bits per heavy atom. The fraction of sp³-hybridized carbons (Fsp3) is 0.312. The number of carbonyl (C=O) groups is 2. The van der Waals surface area contributed by atoms with Gasteiger partial charge in [-0.1, -0.05) is 0 Å². The molecule has 1 heterocycles. The lowest BCUT2D eigenvalue weighted by molar-refractivity contribution is -0.106. The number of hydrogen-bond donors (Lipinski definition) is 2.